The summed E-state index contributed by atoms with van der Waals surface area (Å²) in [5.41, 5.74) is 5.89. The van der Waals surface area contributed by atoms with Gasteiger partial charge < -0.3 is 20.1 Å². The number of anilines is 1. The van der Waals surface area contributed by atoms with Gasteiger partial charge in [-0.1, -0.05) is 36.4 Å². The fraction of sp³-hybridized carbons (Fsp3) is 0.348. The van der Waals surface area contributed by atoms with Crippen LogP contribution in [0.2, 0.25) is 0 Å². The first-order chi connectivity index (χ1) is 13.8. The fourth-order valence-electron chi connectivity index (χ4n) is 4.24. The maximum atomic E-state index is 12.5. The van der Waals surface area contributed by atoms with Crippen molar-refractivity contribution in [2.24, 2.45) is 0 Å². The van der Waals surface area contributed by atoms with Crippen LogP contribution in [0.3, 0.4) is 0 Å². The molecule has 3 aliphatic rings. The second-order valence-corrected chi connectivity index (χ2v) is 7.57. The number of carbonyl (C=O) groups is 1. The zero-order chi connectivity index (χ0) is 18.9. The third kappa shape index (κ3) is 3.21. The molecule has 0 spiro atoms. The SMILES string of the molecule is O=C1Nc2ccccc2/C1=C1\OCc2cc(CCNC3CCOCC3)ccc21. The van der Waals surface area contributed by atoms with Crippen LogP contribution in [0.1, 0.15) is 35.1 Å². The zero-order valence-corrected chi connectivity index (χ0v) is 15.8. The van der Waals surface area contributed by atoms with E-state index in [1.54, 1.807) is 0 Å². The largest absolute Gasteiger partial charge is 0.487 e. The van der Waals surface area contributed by atoms with Crippen molar-refractivity contribution >= 4 is 22.9 Å². The number of fused-ring (bicyclic) bond motifs is 2. The minimum atomic E-state index is -0.0891. The molecule has 3 aliphatic heterocycles. The van der Waals surface area contributed by atoms with Crippen molar-refractivity contribution in [2.45, 2.75) is 31.9 Å². The van der Waals surface area contributed by atoms with E-state index in [0.29, 0.717) is 24.0 Å². The topological polar surface area (TPSA) is 59.6 Å². The van der Waals surface area contributed by atoms with E-state index in [1.165, 1.54) is 5.56 Å². The van der Waals surface area contributed by atoms with Crippen LogP contribution in [0.25, 0.3) is 11.3 Å². The molecule has 0 aliphatic carbocycles. The van der Waals surface area contributed by atoms with Gasteiger partial charge in [0.25, 0.3) is 5.91 Å². The Morgan fingerprint density at radius 1 is 1.07 bits per heavy atom. The first-order valence-corrected chi connectivity index (χ1v) is 10.0. The molecule has 1 fully saturated rings. The molecule has 0 radical (unpaired) electrons. The summed E-state index contributed by atoms with van der Waals surface area (Å²) in [4.78, 5) is 12.5. The Hall–Kier alpha value is -2.63. The van der Waals surface area contributed by atoms with Gasteiger partial charge in [0, 0.05) is 41.6 Å². The molecule has 2 aromatic rings. The highest BCUT2D eigenvalue weighted by Gasteiger charge is 2.32. The van der Waals surface area contributed by atoms with Crippen LogP contribution < -0.4 is 10.6 Å². The van der Waals surface area contributed by atoms with Crippen LogP contribution in [-0.4, -0.2) is 31.7 Å². The molecule has 1 saturated heterocycles. The second kappa shape index (κ2) is 7.41. The summed E-state index contributed by atoms with van der Waals surface area (Å²) in [6, 6.07) is 14.8. The third-order valence-electron chi connectivity index (χ3n) is 5.75. The zero-order valence-electron chi connectivity index (χ0n) is 15.8. The molecule has 0 aromatic heterocycles. The lowest BCUT2D eigenvalue weighted by atomic mass is 9.98. The van der Waals surface area contributed by atoms with Crippen LogP contribution >= 0.6 is 0 Å². The van der Waals surface area contributed by atoms with Gasteiger partial charge in [-0.25, -0.2) is 0 Å². The van der Waals surface area contributed by atoms with E-state index in [2.05, 4.69) is 28.8 Å². The van der Waals surface area contributed by atoms with E-state index in [1.807, 2.05) is 24.3 Å². The fourth-order valence-corrected chi connectivity index (χ4v) is 4.24. The predicted octanol–water partition coefficient (Wildman–Crippen LogP) is 3.35. The lowest BCUT2D eigenvalue weighted by Gasteiger charge is -2.23. The van der Waals surface area contributed by atoms with Gasteiger partial charge in [0.05, 0.1) is 5.57 Å². The van der Waals surface area contributed by atoms with Crippen molar-refractivity contribution < 1.29 is 14.3 Å². The number of amides is 1. The Morgan fingerprint density at radius 2 is 1.93 bits per heavy atom. The first kappa shape index (κ1) is 17.5. The number of para-hydroxylation sites is 1. The summed E-state index contributed by atoms with van der Waals surface area (Å²) in [7, 11) is 0. The second-order valence-electron chi connectivity index (χ2n) is 7.57. The first-order valence-electron chi connectivity index (χ1n) is 10.0. The smallest absolute Gasteiger partial charge is 0.260 e. The van der Waals surface area contributed by atoms with Crippen LogP contribution in [-0.2, 0) is 27.3 Å². The molecule has 0 bridgehead atoms. The van der Waals surface area contributed by atoms with E-state index in [4.69, 9.17) is 9.47 Å². The lowest BCUT2D eigenvalue weighted by molar-refractivity contribution is -0.110. The maximum Gasteiger partial charge on any atom is 0.260 e. The predicted molar refractivity (Wildman–Crippen MR) is 109 cm³/mol. The van der Waals surface area contributed by atoms with Gasteiger partial charge in [0.1, 0.15) is 12.4 Å². The highest BCUT2D eigenvalue weighted by molar-refractivity contribution is 6.36. The summed E-state index contributed by atoms with van der Waals surface area (Å²) in [6.07, 6.45) is 3.18. The molecular formula is C23H24N2O3. The molecule has 3 heterocycles. The number of hydrogen-bond donors (Lipinski definition) is 2. The molecule has 28 heavy (non-hydrogen) atoms. The third-order valence-corrected chi connectivity index (χ3v) is 5.75. The van der Waals surface area contributed by atoms with Gasteiger partial charge in [-0.2, -0.15) is 0 Å². The summed E-state index contributed by atoms with van der Waals surface area (Å²) in [5.74, 6) is 0.609. The number of hydrogen-bond acceptors (Lipinski definition) is 4. The number of nitrogens with one attached hydrogen (secondary N) is 2. The summed E-state index contributed by atoms with van der Waals surface area (Å²) >= 11 is 0. The Bertz CT molecular complexity index is 945. The molecule has 5 heteroatoms. The van der Waals surface area contributed by atoms with Gasteiger partial charge in [0.2, 0.25) is 0 Å². The van der Waals surface area contributed by atoms with Crippen LogP contribution in [0.4, 0.5) is 5.69 Å². The van der Waals surface area contributed by atoms with Gasteiger partial charge in [-0.05, 0) is 37.4 Å². The van der Waals surface area contributed by atoms with Gasteiger partial charge >= 0.3 is 0 Å². The average Bonchev–Trinajstić information content (AvgIpc) is 3.28. The highest BCUT2D eigenvalue weighted by atomic mass is 16.5. The molecule has 0 atom stereocenters. The van der Waals surface area contributed by atoms with Gasteiger partial charge in [0.15, 0.2) is 0 Å². The van der Waals surface area contributed by atoms with Crippen LogP contribution in [0.5, 0.6) is 0 Å². The summed E-state index contributed by atoms with van der Waals surface area (Å²) in [6.45, 7) is 3.21. The monoisotopic (exact) mass is 376 g/mol. The Kier molecular flexibility index (Phi) is 4.63. The van der Waals surface area contributed by atoms with Crippen molar-refractivity contribution in [3.63, 3.8) is 0 Å². The molecule has 5 nitrogen and oxygen atoms in total. The van der Waals surface area contributed by atoms with Crippen molar-refractivity contribution in [1.82, 2.24) is 5.32 Å². The van der Waals surface area contributed by atoms with E-state index >= 15 is 0 Å². The van der Waals surface area contributed by atoms with Crippen LogP contribution in [0, 0.1) is 0 Å². The van der Waals surface area contributed by atoms with Gasteiger partial charge in [-0.3, -0.25) is 4.79 Å². The summed E-state index contributed by atoms with van der Waals surface area (Å²) in [5, 5.41) is 6.57. The molecule has 144 valence electrons. The van der Waals surface area contributed by atoms with Crippen molar-refractivity contribution in [3.8, 4) is 0 Å². The number of ether oxygens (including phenoxy) is 2. The van der Waals surface area contributed by atoms with Crippen molar-refractivity contribution in [1.29, 1.82) is 0 Å². The number of carbonyl (C=O) groups excluding carboxylic acids is 1. The standard InChI is InChI=1S/C23H24N2O3/c26-23-21(19-3-1-2-4-20(19)25-23)22-18-6-5-15(13-16(18)14-28-22)7-10-24-17-8-11-27-12-9-17/h1-6,13,17,24H,7-12,14H2,(H,25,26)/b22-21+. The highest BCUT2D eigenvalue weighted by Crippen LogP contribution is 2.41. The number of rotatable bonds is 4. The Balaban J connectivity index is 1.34. The summed E-state index contributed by atoms with van der Waals surface area (Å²) < 4.78 is 11.4. The molecule has 2 N–H and O–H groups in total. The van der Waals surface area contributed by atoms with E-state index < -0.39 is 0 Å². The van der Waals surface area contributed by atoms with E-state index in [0.717, 1.165) is 61.4 Å². The minimum absolute atomic E-state index is 0.0891. The molecule has 5 rings (SSSR count). The van der Waals surface area contributed by atoms with Crippen molar-refractivity contribution in [3.05, 3.63) is 64.7 Å². The van der Waals surface area contributed by atoms with Gasteiger partial charge in [-0.15, -0.1) is 0 Å². The quantitative estimate of drug-likeness (QED) is 0.804. The Labute approximate surface area is 164 Å². The average molecular weight is 376 g/mol. The molecule has 0 saturated carbocycles. The lowest BCUT2D eigenvalue weighted by Crippen LogP contribution is -2.35. The van der Waals surface area contributed by atoms with E-state index in [-0.39, 0.29) is 5.91 Å². The minimum Gasteiger partial charge on any atom is -0.487 e. The number of benzene rings is 2. The van der Waals surface area contributed by atoms with E-state index in [9.17, 15) is 4.79 Å². The normalized spacial score (nSPS) is 21.2. The molecule has 2 aromatic carbocycles. The molecule has 1 amide bonds. The molecular weight excluding hydrogens is 352 g/mol. The van der Waals surface area contributed by atoms with Crippen molar-refractivity contribution in [2.75, 3.05) is 25.1 Å². The maximum absolute atomic E-state index is 12.5. The molecule has 0 unspecified atom stereocenters. The Morgan fingerprint density at radius 3 is 2.82 bits per heavy atom. The van der Waals surface area contributed by atoms with Crippen LogP contribution in [0.15, 0.2) is 42.5 Å².